The lowest BCUT2D eigenvalue weighted by Gasteiger charge is -2.34. The van der Waals surface area contributed by atoms with Crippen molar-refractivity contribution >= 4 is 5.91 Å². The topological polar surface area (TPSA) is 35.6 Å². The Hall–Kier alpha value is -0.610. The summed E-state index contributed by atoms with van der Waals surface area (Å²) < 4.78 is 0. The van der Waals surface area contributed by atoms with E-state index in [1.807, 2.05) is 0 Å². The van der Waals surface area contributed by atoms with E-state index in [0.29, 0.717) is 12.5 Å². The first-order valence-electron chi connectivity index (χ1n) is 7.00. The minimum atomic E-state index is 0.335. The average Bonchev–Trinajstić information content (AvgIpc) is 2.40. The van der Waals surface area contributed by atoms with Gasteiger partial charge in [0.15, 0.2) is 0 Å². The Bertz CT molecular complexity index is 243. The van der Waals surface area contributed by atoms with Gasteiger partial charge in [0.2, 0.25) is 5.91 Å². The second-order valence-electron chi connectivity index (χ2n) is 5.26. The summed E-state index contributed by atoms with van der Waals surface area (Å²) in [6.07, 6.45) is 3.66. The standard InChI is InChI=1S/C13H25N3O/c1-2-12-3-7-16(8-4-12)13(17)11-15-9-5-14-6-10-15/h12,14H,2-11H2,1H3. The molecule has 4 heteroatoms. The molecule has 0 atom stereocenters. The van der Waals surface area contributed by atoms with Crippen molar-refractivity contribution in [3.8, 4) is 0 Å². The zero-order valence-corrected chi connectivity index (χ0v) is 11.0. The molecule has 1 N–H and O–H groups in total. The molecule has 2 heterocycles. The van der Waals surface area contributed by atoms with Crippen LogP contribution in [-0.2, 0) is 4.79 Å². The predicted octanol–water partition coefficient (Wildman–Crippen LogP) is 0.540. The SMILES string of the molecule is CCC1CCN(C(=O)CN2CCNCC2)CC1. The number of likely N-dealkylation sites (tertiary alicyclic amines) is 1. The molecule has 2 fully saturated rings. The van der Waals surface area contributed by atoms with Crippen LogP contribution in [-0.4, -0.2) is 61.5 Å². The zero-order valence-electron chi connectivity index (χ0n) is 11.0. The number of carbonyl (C=O) groups is 1. The lowest BCUT2D eigenvalue weighted by molar-refractivity contribution is -0.134. The number of piperazine rings is 1. The maximum absolute atomic E-state index is 12.1. The van der Waals surface area contributed by atoms with Gasteiger partial charge < -0.3 is 10.2 Å². The fourth-order valence-corrected chi connectivity index (χ4v) is 2.75. The molecule has 17 heavy (non-hydrogen) atoms. The minimum absolute atomic E-state index is 0.335. The third-order valence-corrected chi connectivity index (χ3v) is 4.11. The molecule has 98 valence electrons. The summed E-state index contributed by atoms with van der Waals surface area (Å²) in [6, 6.07) is 0. The highest BCUT2D eigenvalue weighted by molar-refractivity contribution is 5.78. The summed E-state index contributed by atoms with van der Waals surface area (Å²) in [6.45, 7) is 8.89. The van der Waals surface area contributed by atoms with Gasteiger partial charge in [-0.25, -0.2) is 0 Å². The second-order valence-corrected chi connectivity index (χ2v) is 5.26. The fraction of sp³-hybridized carbons (Fsp3) is 0.923. The van der Waals surface area contributed by atoms with Crippen LogP contribution in [0.15, 0.2) is 0 Å². The highest BCUT2D eigenvalue weighted by Crippen LogP contribution is 2.19. The van der Waals surface area contributed by atoms with Crippen LogP contribution in [0.5, 0.6) is 0 Å². The van der Waals surface area contributed by atoms with Crippen molar-refractivity contribution in [1.29, 1.82) is 0 Å². The van der Waals surface area contributed by atoms with Gasteiger partial charge in [0.25, 0.3) is 0 Å². The van der Waals surface area contributed by atoms with Crippen LogP contribution >= 0.6 is 0 Å². The molecule has 1 amide bonds. The van der Waals surface area contributed by atoms with E-state index in [2.05, 4.69) is 22.0 Å². The van der Waals surface area contributed by atoms with E-state index in [4.69, 9.17) is 0 Å². The van der Waals surface area contributed by atoms with Crippen molar-refractivity contribution in [1.82, 2.24) is 15.1 Å². The van der Waals surface area contributed by atoms with Crippen molar-refractivity contribution in [3.63, 3.8) is 0 Å². The number of hydrogen-bond acceptors (Lipinski definition) is 3. The van der Waals surface area contributed by atoms with Crippen LogP contribution in [0.3, 0.4) is 0 Å². The predicted molar refractivity (Wildman–Crippen MR) is 68.9 cm³/mol. The number of carbonyl (C=O) groups excluding carboxylic acids is 1. The van der Waals surface area contributed by atoms with Gasteiger partial charge in [-0.2, -0.15) is 0 Å². The third kappa shape index (κ3) is 3.68. The molecule has 0 radical (unpaired) electrons. The van der Waals surface area contributed by atoms with Gasteiger partial charge in [0.05, 0.1) is 6.54 Å². The maximum atomic E-state index is 12.1. The van der Waals surface area contributed by atoms with Crippen LogP contribution in [0.4, 0.5) is 0 Å². The lowest BCUT2D eigenvalue weighted by atomic mass is 9.94. The number of nitrogens with zero attached hydrogens (tertiary/aromatic N) is 2. The van der Waals surface area contributed by atoms with E-state index >= 15 is 0 Å². The summed E-state index contributed by atoms with van der Waals surface area (Å²) in [7, 11) is 0. The van der Waals surface area contributed by atoms with Crippen molar-refractivity contribution in [2.24, 2.45) is 5.92 Å². The van der Waals surface area contributed by atoms with Crippen molar-refractivity contribution in [3.05, 3.63) is 0 Å². The minimum Gasteiger partial charge on any atom is -0.342 e. The van der Waals surface area contributed by atoms with Crippen LogP contribution in [0.2, 0.25) is 0 Å². The molecule has 0 saturated carbocycles. The molecule has 0 unspecified atom stereocenters. The number of rotatable bonds is 3. The van der Waals surface area contributed by atoms with E-state index in [1.54, 1.807) is 0 Å². The Morgan fingerprint density at radius 2 is 1.82 bits per heavy atom. The van der Waals surface area contributed by atoms with Crippen LogP contribution in [0.25, 0.3) is 0 Å². The van der Waals surface area contributed by atoms with Gasteiger partial charge >= 0.3 is 0 Å². The summed E-state index contributed by atoms with van der Waals surface area (Å²) in [5.41, 5.74) is 0. The van der Waals surface area contributed by atoms with Gasteiger partial charge in [-0.05, 0) is 18.8 Å². The Morgan fingerprint density at radius 1 is 1.18 bits per heavy atom. The molecule has 2 aliphatic rings. The number of amides is 1. The molecule has 0 aromatic heterocycles. The summed E-state index contributed by atoms with van der Waals surface area (Å²) in [4.78, 5) is 16.5. The number of hydrogen-bond donors (Lipinski definition) is 1. The van der Waals surface area contributed by atoms with Crippen LogP contribution in [0.1, 0.15) is 26.2 Å². The maximum Gasteiger partial charge on any atom is 0.236 e. The Kier molecular flexibility index (Phi) is 4.80. The molecule has 2 rings (SSSR count). The van der Waals surface area contributed by atoms with Gasteiger partial charge in [-0.1, -0.05) is 13.3 Å². The molecule has 0 bridgehead atoms. The molecule has 0 aromatic rings. The largest absolute Gasteiger partial charge is 0.342 e. The van der Waals surface area contributed by atoms with Crippen LogP contribution < -0.4 is 5.32 Å². The molecule has 0 aliphatic carbocycles. The smallest absolute Gasteiger partial charge is 0.236 e. The monoisotopic (exact) mass is 239 g/mol. The Balaban J connectivity index is 1.72. The summed E-state index contributed by atoms with van der Waals surface area (Å²) in [5.74, 6) is 1.18. The number of piperidine rings is 1. The molecular formula is C13H25N3O. The van der Waals surface area contributed by atoms with Gasteiger partial charge in [-0.3, -0.25) is 9.69 Å². The Labute approximate surface area is 104 Å². The molecule has 2 aliphatic heterocycles. The first-order chi connectivity index (χ1) is 8.29. The summed E-state index contributed by atoms with van der Waals surface area (Å²) >= 11 is 0. The van der Waals surface area contributed by atoms with Crippen molar-refractivity contribution in [2.45, 2.75) is 26.2 Å². The van der Waals surface area contributed by atoms with Gasteiger partial charge in [0, 0.05) is 39.3 Å². The number of nitrogens with one attached hydrogen (secondary N) is 1. The first-order valence-corrected chi connectivity index (χ1v) is 7.00. The average molecular weight is 239 g/mol. The van der Waals surface area contributed by atoms with E-state index in [-0.39, 0.29) is 0 Å². The van der Waals surface area contributed by atoms with Crippen molar-refractivity contribution < 1.29 is 4.79 Å². The third-order valence-electron chi connectivity index (χ3n) is 4.11. The molecule has 4 nitrogen and oxygen atoms in total. The highest BCUT2D eigenvalue weighted by Gasteiger charge is 2.23. The molecule has 0 aromatic carbocycles. The van der Waals surface area contributed by atoms with Crippen molar-refractivity contribution in [2.75, 3.05) is 45.8 Å². The van der Waals surface area contributed by atoms with Crippen LogP contribution in [0, 0.1) is 5.92 Å². The summed E-state index contributed by atoms with van der Waals surface area (Å²) in [5, 5.41) is 3.31. The van der Waals surface area contributed by atoms with E-state index in [0.717, 1.165) is 45.2 Å². The Morgan fingerprint density at radius 3 is 2.41 bits per heavy atom. The second kappa shape index (κ2) is 6.36. The molecule has 0 spiro atoms. The lowest BCUT2D eigenvalue weighted by Crippen LogP contribution is -2.49. The van der Waals surface area contributed by atoms with E-state index < -0.39 is 0 Å². The van der Waals surface area contributed by atoms with E-state index in [9.17, 15) is 4.79 Å². The highest BCUT2D eigenvalue weighted by atomic mass is 16.2. The van der Waals surface area contributed by atoms with Gasteiger partial charge in [0.1, 0.15) is 0 Å². The van der Waals surface area contributed by atoms with Gasteiger partial charge in [-0.15, -0.1) is 0 Å². The molecular weight excluding hydrogens is 214 g/mol. The quantitative estimate of drug-likeness (QED) is 0.781. The molecule has 2 saturated heterocycles. The fourth-order valence-electron chi connectivity index (χ4n) is 2.75. The normalized spacial score (nSPS) is 23.9. The zero-order chi connectivity index (χ0) is 12.1. The first kappa shape index (κ1) is 12.8. The van der Waals surface area contributed by atoms with E-state index in [1.165, 1.54) is 19.3 Å².